The molecule has 0 aliphatic carbocycles. The summed E-state index contributed by atoms with van der Waals surface area (Å²) in [6.07, 6.45) is 2.79. The molecule has 1 atom stereocenters. The molecule has 1 aromatic rings. The minimum absolute atomic E-state index is 0.00699. The number of hydrogen-bond acceptors (Lipinski definition) is 6. The molecule has 3 N–H and O–H groups in total. The van der Waals surface area contributed by atoms with Crippen molar-refractivity contribution in [3.63, 3.8) is 0 Å². The first kappa shape index (κ1) is 15.1. The number of amides is 1. The van der Waals surface area contributed by atoms with Crippen molar-refractivity contribution in [1.82, 2.24) is 9.88 Å². The summed E-state index contributed by atoms with van der Waals surface area (Å²) < 4.78 is 0. The van der Waals surface area contributed by atoms with E-state index in [-0.39, 0.29) is 18.6 Å². The lowest BCUT2D eigenvalue weighted by atomic mass is 10.2. The van der Waals surface area contributed by atoms with Crippen molar-refractivity contribution in [2.45, 2.75) is 32.2 Å². The van der Waals surface area contributed by atoms with Crippen LogP contribution in [0, 0.1) is 0 Å². The highest BCUT2D eigenvalue weighted by molar-refractivity contribution is 7.18. The summed E-state index contributed by atoms with van der Waals surface area (Å²) in [6, 6.07) is -0.0826. The van der Waals surface area contributed by atoms with Gasteiger partial charge in [-0.3, -0.25) is 4.79 Å². The van der Waals surface area contributed by atoms with E-state index >= 15 is 0 Å². The van der Waals surface area contributed by atoms with E-state index in [0.717, 1.165) is 30.9 Å². The molecular formula is C13H22N4O2S. The molecule has 1 fully saturated rings. The number of likely N-dealkylation sites (tertiary alicyclic amines) is 1. The molecule has 1 aliphatic rings. The summed E-state index contributed by atoms with van der Waals surface area (Å²) in [4.78, 5) is 21.0. The standard InChI is InChI=1S/C13H22N4O2S/c1-3-6-16(2)13-15-11(14)10(20-13)12(19)17-7-4-5-9(17)8-18/h9,18H,3-8,14H2,1-2H3. The molecule has 2 rings (SSSR count). The summed E-state index contributed by atoms with van der Waals surface area (Å²) in [6.45, 7) is 3.66. The van der Waals surface area contributed by atoms with Gasteiger partial charge in [-0.05, 0) is 19.3 Å². The molecule has 1 aromatic heterocycles. The number of nitrogen functional groups attached to an aromatic ring is 1. The molecule has 0 radical (unpaired) electrons. The van der Waals surface area contributed by atoms with Crippen LogP contribution in [-0.4, -0.2) is 53.7 Å². The quantitative estimate of drug-likeness (QED) is 0.852. The molecule has 1 unspecified atom stereocenters. The molecule has 1 saturated heterocycles. The maximum Gasteiger partial charge on any atom is 0.268 e. The van der Waals surface area contributed by atoms with Crippen LogP contribution in [0.3, 0.4) is 0 Å². The number of hydrogen-bond donors (Lipinski definition) is 2. The first-order valence-corrected chi connectivity index (χ1v) is 7.79. The summed E-state index contributed by atoms with van der Waals surface area (Å²) in [7, 11) is 1.95. The fourth-order valence-corrected chi connectivity index (χ4v) is 3.42. The van der Waals surface area contributed by atoms with Crippen LogP contribution >= 0.6 is 11.3 Å². The molecule has 2 heterocycles. The fraction of sp³-hybridized carbons (Fsp3) is 0.692. The topological polar surface area (TPSA) is 82.7 Å². The molecule has 1 aliphatic heterocycles. The summed E-state index contributed by atoms with van der Waals surface area (Å²) in [5.74, 6) is 0.189. The highest BCUT2D eigenvalue weighted by Crippen LogP contribution is 2.30. The zero-order valence-electron chi connectivity index (χ0n) is 12.0. The number of aromatic nitrogens is 1. The number of aliphatic hydroxyl groups excluding tert-OH is 1. The Morgan fingerprint density at radius 2 is 2.40 bits per heavy atom. The van der Waals surface area contributed by atoms with E-state index in [9.17, 15) is 9.90 Å². The Morgan fingerprint density at radius 1 is 1.65 bits per heavy atom. The van der Waals surface area contributed by atoms with Crippen LogP contribution in [0.1, 0.15) is 35.9 Å². The maximum absolute atomic E-state index is 12.5. The molecule has 0 bridgehead atoms. The Hall–Kier alpha value is -1.34. The average molecular weight is 298 g/mol. The van der Waals surface area contributed by atoms with Gasteiger partial charge in [0.05, 0.1) is 12.6 Å². The van der Waals surface area contributed by atoms with Crippen molar-refractivity contribution in [3.8, 4) is 0 Å². The zero-order valence-corrected chi connectivity index (χ0v) is 12.8. The molecule has 0 aromatic carbocycles. The van der Waals surface area contributed by atoms with Crippen LogP contribution in [0.25, 0.3) is 0 Å². The van der Waals surface area contributed by atoms with Crippen LogP contribution < -0.4 is 10.6 Å². The predicted molar refractivity (Wildman–Crippen MR) is 81.2 cm³/mol. The molecule has 112 valence electrons. The Labute approximate surface area is 123 Å². The van der Waals surface area contributed by atoms with Gasteiger partial charge in [0.2, 0.25) is 0 Å². The van der Waals surface area contributed by atoms with Crippen molar-refractivity contribution in [1.29, 1.82) is 0 Å². The fourth-order valence-electron chi connectivity index (χ4n) is 2.49. The lowest BCUT2D eigenvalue weighted by Crippen LogP contribution is -2.37. The summed E-state index contributed by atoms with van der Waals surface area (Å²) in [5, 5.41) is 10.1. The molecule has 6 nitrogen and oxygen atoms in total. The van der Waals surface area contributed by atoms with E-state index in [0.29, 0.717) is 17.2 Å². The first-order chi connectivity index (χ1) is 9.58. The minimum Gasteiger partial charge on any atom is -0.394 e. The Balaban J connectivity index is 2.18. The number of rotatable bonds is 5. The van der Waals surface area contributed by atoms with Gasteiger partial charge in [-0.25, -0.2) is 4.98 Å². The number of thiazole rings is 1. The second-order valence-corrected chi connectivity index (χ2v) is 6.09. The van der Waals surface area contributed by atoms with Crippen molar-refractivity contribution in [2.75, 3.05) is 37.4 Å². The molecule has 0 spiro atoms. The van der Waals surface area contributed by atoms with Crippen LogP contribution in [0.4, 0.5) is 10.9 Å². The Bertz CT molecular complexity index is 477. The summed E-state index contributed by atoms with van der Waals surface area (Å²) >= 11 is 1.33. The lowest BCUT2D eigenvalue weighted by Gasteiger charge is -2.22. The number of carbonyl (C=O) groups excluding carboxylic acids is 1. The van der Waals surface area contributed by atoms with Crippen molar-refractivity contribution >= 4 is 28.2 Å². The molecule has 0 saturated carbocycles. The highest BCUT2D eigenvalue weighted by atomic mass is 32.1. The van der Waals surface area contributed by atoms with E-state index in [4.69, 9.17) is 5.73 Å². The Kier molecular flexibility index (Phi) is 4.82. The predicted octanol–water partition coefficient (Wildman–Crippen LogP) is 1.17. The van der Waals surface area contributed by atoms with Gasteiger partial charge < -0.3 is 20.6 Å². The van der Waals surface area contributed by atoms with E-state index in [1.807, 2.05) is 11.9 Å². The molecule has 7 heteroatoms. The second kappa shape index (κ2) is 6.41. The third-order valence-corrected chi connectivity index (χ3v) is 4.74. The minimum atomic E-state index is -0.104. The first-order valence-electron chi connectivity index (χ1n) is 6.97. The van der Waals surface area contributed by atoms with Gasteiger partial charge in [-0.1, -0.05) is 18.3 Å². The third kappa shape index (κ3) is 2.88. The summed E-state index contributed by atoms with van der Waals surface area (Å²) in [5.41, 5.74) is 5.89. The van der Waals surface area contributed by atoms with Crippen molar-refractivity contribution < 1.29 is 9.90 Å². The number of aliphatic hydroxyl groups is 1. The van der Waals surface area contributed by atoms with E-state index < -0.39 is 0 Å². The van der Waals surface area contributed by atoms with Crippen LogP contribution in [-0.2, 0) is 0 Å². The second-order valence-electron chi connectivity index (χ2n) is 5.11. The van der Waals surface area contributed by atoms with Gasteiger partial charge in [-0.2, -0.15) is 0 Å². The van der Waals surface area contributed by atoms with Crippen LogP contribution in [0.15, 0.2) is 0 Å². The van der Waals surface area contributed by atoms with Gasteiger partial charge in [0.1, 0.15) is 10.7 Å². The van der Waals surface area contributed by atoms with Gasteiger partial charge in [-0.15, -0.1) is 0 Å². The monoisotopic (exact) mass is 298 g/mol. The zero-order chi connectivity index (χ0) is 14.7. The van der Waals surface area contributed by atoms with Gasteiger partial charge >= 0.3 is 0 Å². The van der Waals surface area contributed by atoms with Crippen LogP contribution in [0.5, 0.6) is 0 Å². The highest BCUT2D eigenvalue weighted by Gasteiger charge is 2.31. The van der Waals surface area contributed by atoms with Crippen molar-refractivity contribution in [3.05, 3.63) is 4.88 Å². The van der Waals surface area contributed by atoms with Crippen LogP contribution in [0.2, 0.25) is 0 Å². The Morgan fingerprint density at radius 3 is 3.05 bits per heavy atom. The largest absolute Gasteiger partial charge is 0.394 e. The SMILES string of the molecule is CCCN(C)c1nc(N)c(C(=O)N2CCCC2CO)s1. The molecule has 20 heavy (non-hydrogen) atoms. The number of carbonyl (C=O) groups is 1. The normalized spacial score (nSPS) is 18.6. The number of anilines is 2. The lowest BCUT2D eigenvalue weighted by molar-refractivity contribution is 0.0683. The van der Waals surface area contributed by atoms with Gasteiger partial charge in [0.25, 0.3) is 5.91 Å². The van der Waals surface area contributed by atoms with E-state index in [1.54, 1.807) is 4.90 Å². The van der Waals surface area contributed by atoms with Gasteiger partial charge in [0.15, 0.2) is 5.13 Å². The van der Waals surface area contributed by atoms with E-state index in [1.165, 1.54) is 11.3 Å². The maximum atomic E-state index is 12.5. The van der Waals surface area contributed by atoms with E-state index in [2.05, 4.69) is 11.9 Å². The average Bonchev–Trinajstić information content (AvgIpc) is 3.04. The number of nitrogens with two attached hydrogens (primary N) is 1. The smallest absolute Gasteiger partial charge is 0.268 e. The third-order valence-electron chi connectivity index (χ3n) is 3.57. The number of nitrogens with zero attached hydrogens (tertiary/aromatic N) is 3. The molecular weight excluding hydrogens is 276 g/mol. The van der Waals surface area contributed by atoms with Gasteiger partial charge in [0, 0.05) is 20.1 Å². The van der Waals surface area contributed by atoms with Crippen molar-refractivity contribution in [2.24, 2.45) is 0 Å². The molecule has 1 amide bonds.